The molecule has 3 heteroatoms. The summed E-state index contributed by atoms with van der Waals surface area (Å²) in [5, 5.41) is 1.96. The molecule has 0 atom stereocenters. The van der Waals surface area contributed by atoms with Crippen molar-refractivity contribution < 1.29 is 0 Å². The first-order valence-electron chi connectivity index (χ1n) is 3.10. The topological polar surface area (TPSA) is 28.7 Å². The first-order valence-corrected chi connectivity index (χ1v) is 3.64. The predicted molar refractivity (Wildman–Crippen MR) is 43.2 cm³/mol. The van der Waals surface area contributed by atoms with Crippen LogP contribution in [0.3, 0.4) is 0 Å². The van der Waals surface area contributed by atoms with Gasteiger partial charge in [-0.3, -0.25) is 0 Å². The number of nitrogens with one attached hydrogen (secondary N) is 1. The summed E-state index contributed by atoms with van der Waals surface area (Å²) >= 11 is 5.50. The Kier molecular flexibility index (Phi) is 2.51. The maximum absolute atomic E-state index is 5.50. The van der Waals surface area contributed by atoms with Crippen LogP contribution in [0.15, 0.2) is 6.33 Å². The Labute approximate surface area is 64.2 Å². The smallest absolute Gasteiger partial charge is 0.0931 e. The Morgan fingerprint density at radius 3 is 3.20 bits per heavy atom. The van der Waals surface area contributed by atoms with Crippen LogP contribution in [-0.4, -0.2) is 15.8 Å². The third kappa shape index (κ3) is 1.39. The second-order valence-electron chi connectivity index (χ2n) is 1.85. The molecule has 1 N–H and O–H groups in total. The Hall–Kier alpha value is -0.760. The lowest BCUT2D eigenvalue weighted by Gasteiger charge is -1.74. The van der Waals surface area contributed by atoms with Crippen LogP contribution in [-0.2, 0) is 0 Å². The Morgan fingerprint density at radius 1 is 1.80 bits per heavy atom. The molecule has 0 aliphatic heterocycles. The molecule has 2 nitrogen and oxygen atoms in total. The number of hydrogen-bond acceptors (Lipinski definition) is 1. The Bertz CT molecular complexity index is 300. The van der Waals surface area contributed by atoms with Crippen LogP contribution in [0.5, 0.6) is 0 Å². The largest absolute Gasteiger partial charge is 0.345 e. The van der Waals surface area contributed by atoms with Gasteiger partial charge in [-0.2, -0.15) is 0 Å². The van der Waals surface area contributed by atoms with E-state index in [4.69, 9.17) is 11.6 Å². The molecule has 1 heterocycles. The number of hydrogen-bond donors (Lipinski definition) is 1. The number of aromatic nitrogens is 2. The third-order valence-corrected chi connectivity index (χ3v) is 1.41. The fraction of sp³-hybridized carbons (Fsp3) is 0.286. The zero-order valence-electron chi connectivity index (χ0n) is 5.76. The molecule has 0 aliphatic rings. The van der Waals surface area contributed by atoms with Gasteiger partial charge in [-0.05, 0) is 13.0 Å². The number of imidazole rings is 1. The number of halogens is 1. The molecule has 0 saturated carbocycles. The van der Waals surface area contributed by atoms with E-state index in [9.17, 15) is 0 Å². The molecule has 0 unspecified atom stereocenters. The molecule has 0 spiro atoms. The van der Waals surface area contributed by atoms with E-state index in [2.05, 4.69) is 9.97 Å². The minimum Gasteiger partial charge on any atom is -0.345 e. The zero-order valence-corrected chi connectivity index (χ0v) is 6.52. The molecule has 10 heavy (non-hydrogen) atoms. The van der Waals surface area contributed by atoms with E-state index in [1.165, 1.54) is 0 Å². The lowest BCUT2D eigenvalue weighted by atomic mass is 10.5. The molecule has 0 aliphatic carbocycles. The molecule has 0 radical (unpaired) electrons. The molecule has 0 amide bonds. The number of alkyl halides is 1. The molecular formula is C7H9ClN2. The van der Waals surface area contributed by atoms with Gasteiger partial charge in [0, 0.05) is 5.88 Å². The third-order valence-electron chi connectivity index (χ3n) is 1.25. The van der Waals surface area contributed by atoms with E-state index in [0.29, 0.717) is 5.88 Å². The van der Waals surface area contributed by atoms with E-state index in [1.54, 1.807) is 6.33 Å². The fourth-order valence-corrected chi connectivity index (χ4v) is 0.940. The van der Waals surface area contributed by atoms with Crippen LogP contribution in [0, 0.1) is 0 Å². The highest BCUT2D eigenvalue weighted by atomic mass is 35.5. The van der Waals surface area contributed by atoms with Crippen molar-refractivity contribution in [2.45, 2.75) is 6.92 Å². The highest BCUT2D eigenvalue weighted by Gasteiger charge is 1.82. The summed E-state index contributed by atoms with van der Waals surface area (Å²) in [7, 11) is 0. The van der Waals surface area contributed by atoms with Crippen LogP contribution in [0.4, 0.5) is 0 Å². The quantitative estimate of drug-likeness (QED) is 0.580. The van der Waals surface area contributed by atoms with Crippen LogP contribution in [0.1, 0.15) is 6.92 Å². The number of nitrogens with zero attached hydrogens (tertiary/aromatic N) is 1. The van der Waals surface area contributed by atoms with Crippen molar-refractivity contribution in [2.75, 3.05) is 5.88 Å². The SMILES string of the molecule is C/C=c1/nc[nH]/c1=C/CCl. The lowest BCUT2D eigenvalue weighted by Crippen LogP contribution is -2.23. The minimum absolute atomic E-state index is 0.517. The maximum Gasteiger partial charge on any atom is 0.0931 e. The monoisotopic (exact) mass is 156 g/mol. The van der Waals surface area contributed by atoms with E-state index >= 15 is 0 Å². The van der Waals surface area contributed by atoms with Gasteiger partial charge in [0.25, 0.3) is 0 Å². The van der Waals surface area contributed by atoms with Crippen molar-refractivity contribution in [3.05, 3.63) is 17.0 Å². The van der Waals surface area contributed by atoms with Crippen molar-refractivity contribution in [1.82, 2.24) is 9.97 Å². The van der Waals surface area contributed by atoms with Gasteiger partial charge in [-0.1, -0.05) is 6.08 Å². The molecule has 1 rings (SSSR count). The van der Waals surface area contributed by atoms with Gasteiger partial charge < -0.3 is 4.98 Å². The first kappa shape index (κ1) is 7.35. The summed E-state index contributed by atoms with van der Waals surface area (Å²) in [6, 6.07) is 0. The summed E-state index contributed by atoms with van der Waals surface area (Å²) in [5.74, 6) is 0.517. The molecular weight excluding hydrogens is 148 g/mol. The van der Waals surface area contributed by atoms with Crippen LogP contribution in [0.25, 0.3) is 12.2 Å². The molecule has 0 fully saturated rings. The van der Waals surface area contributed by atoms with Gasteiger partial charge in [-0.25, -0.2) is 4.98 Å². The molecule has 54 valence electrons. The van der Waals surface area contributed by atoms with Gasteiger partial charge in [0.2, 0.25) is 0 Å². The van der Waals surface area contributed by atoms with Gasteiger partial charge in [0.15, 0.2) is 0 Å². The Morgan fingerprint density at radius 2 is 2.60 bits per heavy atom. The average molecular weight is 157 g/mol. The van der Waals surface area contributed by atoms with Gasteiger partial charge >= 0.3 is 0 Å². The second-order valence-corrected chi connectivity index (χ2v) is 2.16. The number of H-pyrrole nitrogens is 1. The van der Waals surface area contributed by atoms with E-state index in [1.807, 2.05) is 19.1 Å². The van der Waals surface area contributed by atoms with E-state index in [-0.39, 0.29) is 0 Å². The Balaban J connectivity index is 3.28. The van der Waals surface area contributed by atoms with Crippen molar-refractivity contribution in [3.63, 3.8) is 0 Å². The number of rotatable bonds is 1. The van der Waals surface area contributed by atoms with Gasteiger partial charge in [0.1, 0.15) is 0 Å². The second kappa shape index (κ2) is 3.42. The highest BCUT2D eigenvalue weighted by molar-refractivity contribution is 6.20. The molecule has 1 aromatic rings. The average Bonchev–Trinajstić information content (AvgIpc) is 2.36. The van der Waals surface area contributed by atoms with Crippen molar-refractivity contribution in [2.24, 2.45) is 0 Å². The predicted octanol–water partition coefficient (Wildman–Crippen LogP) is 0.229. The van der Waals surface area contributed by atoms with Crippen molar-refractivity contribution >= 4 is 23.8 Å². The molecule has 0 aromatic carbocycles. The highest BCUT2D eigenvalue weighted by Crippen LogP contribution is 1.70. The maximum atomic E-state index is 5.50. The lowest BCUT2D eigenvalue weighted by molar-refractivity contribution is 1.28. The molecule has 1 aromatic heterocycles. The first-order chi connectivity index (χ1) is 4.88. The van der Waals surface area contributed by atoms with Crippen LogP contribution >= 0.6 is 11.6 Å². The fourth-order valence-electron chi connectivity index (χ4n) is 0.786. The van der Waals surface area contributed by atoms with Gasteiger partial charge in [-0.15, -0.1) is 11.6 Å². The summed E-state index contributed by atoms with van der Waals surface area (Å²) in [5.41, 5.74) is 0. The van der Waals surface area contributed by atoms with Gasteiger partial charge in [0.05, 0.1) is 17.0 Å². The normalized spacial score (nSPS) is 14.6. The standard InChI is InChI=1S/C7H9ClN2/c1-2-6-7(3-4-8)10-5-9-6/h2-3,5H,4H2,1H3,(H,9,10)/b6-2+,7-3+. The van der Waals surface area contributed by atoms with E-state index < -0.39 is 0 Å². The molecule has 0 saturated heterocycles. The minimum atomic E-state index is 0.517. The summed E-state index contributed by atoms with van der Waals surface area (Å²) in [6.07, 6.45) is 5.49. The summed E-state index contributed by atoms with van der Waals surface area (Å²) in [6.45, 7) is 1.95. The summed E-state index contributed by atoms with van der Waals surface area (Å²) < 4.78 is 0. The molecule has 0 bridgehead atoms. The zero-order chi connectivity index (χ0) is 7.40. The van der Waals surface area contributed by atoms with Crippen molar-refractivity contribution in [3.8, 4) is 0 Å². The van der Waals surface area contributed by atoms with Crippen LogP contribution in [0.2, 0.25) is 0 Å². The number of aromatic amines is 1. The van der Waals surface area contributed by atoms with Crippen molar-refractivity contribution in [1.29, 1.82) is 0 Å². The van der Waals surface area contributed by atoms with Crippen LogP contribution < -0.4 is 10.7 Å². The summed E-state index contributed by atoms with van der Waals surface area (Å²) in [4.78, 5) is 7.03. The van der Waals surface area contributed by atoms with E-state index in [0.717, 1.165) is 10.7 Å².